The first-order chi connectivity index (χ1) is 4.20. The van der Waals surface area contributed by atoms with Crippen LogP contribution in [-0.4, -0.2) is 5.91 Å². The molecule has 0 atom stereocenters. The number of hydrogen-bond acceptors (Lipinski definition) is 2. The highest BCUT2D eigenvalue weighted by Gasteiger charge is 2.09. The molecular weight excluding hydrogens is 116 g/mol. The van der Waals surface area contributed by atoms with Crippen molar-refractivity contribution in [1.82, 2.24) is 10.9 Å². The highest BCUT2D eigenvalue weighted by Crippen LogP contribution is 2.06. The summed E-state index contributed by atoms with van der Waals surface area (Å²) in [6.45, 7) is 3.88. The zero-order valence-corrected chi connectivity index (χ0v) is 5.62. The molecule has 3 heteroatoms. The van der Waals surface area contributed by atoms with Crippen molar-refractivity contribution in [3.63, 3.8) is 0 Å². The Morgan fingerprint density at radius 3 is 2.44 bits per heavy atom. The van der Waals surface area contributed by atoms with Gasteiger partial charge < -0.3 is 5.43 Å². The summed E-state index contributed by atoms with van der Waals surface area (Å²) in [6, 6.07) is 0. The molecule has 0 saturated heterocycles. The van der Waals surface area contributed by atoms with Crippen LogP contribution in [-0.2, 0) is 4.79 Å². The predicted octanol–water partition coefficient (Wildman–Crippen LogP) is 0.305. The van der Waals surface area contributed by atoms with E-state index in [4.69, 9.17) is 0 Å². The number of hydrazine groups is 1. The second-order valence-electron chi connectivity index (χ2n) is 2.26. The third kappa shape index (κ3) is 1.22. The summed E-state index contributed by atoms with van der Waals surface area (Å²) in [7, 11) is 0. The Hall–Kier alpha value is -0.990. The summed E-state index contributed by atoms with van der Waals surface area (Å²) in [4.78, 5) is 10.6. The van der Waals surface area contributed by atoms with Gasteiger partial charge in [0.25, 0.3) is 0 Å². The van der Waals surface area contributed by atoms with Crippen LogP contribution in [0.3, 0.4) is 0 Å². The first kappa shape index (κ1) is 6.13. The van der Waals surface area contributed by atoms with E-state index < -0.39 is 0 Å². The van der Waals surface area contributed by atoms with Crippen LogP contribution in [0.1, 0.15) is 20.3 Å². The Morgan fingerprint density at radius 1 is 1.33 bits per heavy atom. The highest BCUT2D eigenvalue weighted by molar-refractivity contribution is 5.79. The standard InChI is InChI=1S/C6H10N2O/c1-4-3-6(9)8-7-5(4)2/h7H,3H2,1-2H3,(H,8,9). The van der Waals surface area contributed by atoms with Crippen molar-refractivity contribution in [2.45, 2.75) is 20.3 Å². The van der Waals surface area contributed by atoms with Crippen LogP contribution in [0.2, 0.25) is 0 Å². The largest absolute Gasteiger partial charge is 0.303 e. The smallest absolute Gasteiger partial charge is 0.242 e. The molecule has 1 rings (SSSR count). The third-order valence-electron chi connectivity index (χ3n) is 1.46. The van der Waals surface area contributed by atoms with E-state index in [1.54, 1.807) is 0 Å². The van der Waals surface area contributed by atoms with Gasteiger partial charge in [0, 0.05) is 5.70 Å². The summed E-state index contributed by atoms with van der Waals surface area (Å²) in [5, 5.41) is 0. The molecule has 0 fully saturated rings. The van der Waals surface area contributed by atoms with Gasteiger partial charge in [0.2, 0.25) is 5.91 Å². The molecule has 1 amide bonds. The molecule has 9 heavy (non-hydrogen) atoms. The fourth-order valence-corrected chi connectivity index (χ4v) is 0.688. The van der Waals surface area contributed by atoms with Gasteiger partial charge >= 0.3 is 0 Å². The Labute approximate surface area is 54.1 Å². The van der Waals surface area contributed by atoms with Crippen LogP contribution in [0.4, 0.5) is 0 Å². The van der Waals surface area contributed by atoms with Gasteiger partial charge in [-0.25, -0.2) is 0 Å². The first-order valence-electron chi connectivity index (χ1n) is 2.91. The molecule has 2 N–H and O–H groups in total. The molecule has 0 radical (unpaired) electrons. The second kappa shape index (κ2) is 2.09. The molecule has 0 saturated carbocycles. The van der Waals surface area contributed by atoms with Crippen LogP contribution in [0.25, 0.3) is 0 Å². The van der Waals surface area contributed by atoms with Gasteiger partial charge in [0.05, 0.1) is 6.42 Å². The topological polar surface area (TPSA) is 41.1 Å². The van der Waals surface area contributed by atoms with Crippen molar-refractivity contribution in [3.05, 3.63) is 11.3 Å². The third-order valence-corrected chi connectivity index (χ3v) is 1.46. The summed E-state index contributed by atoms with van der Waals surface area (Å²) < 4.78 is 0. The Kier molecular flexibility index (Phi) is 1.42. The lowest BCUT2D eigenvalue weighted by Crippen LogP contribution is -2.40. The first-order valence-corrected chi connectivity index (χ1v) is 2.91. The van der Waals surface area contributed by atoms with E-state index in [-0.39, 0.29) is 5.91 Å². The molecule has 1 aliphatic heterocycles. The monoisotopic (exact) mass is 126 g/mol. The van der Waals surface area contributed by atoms with Crippen LogP contribution in [0.5, 0.6) is 0 Å². The minimum Gasteiger partial charge on any atom is -0.303 e. The Balaban J connectivity index is 2.72. The molecule has 0 spiro atoms. The quantitative estimate of drug-likeness (QED) is 0.490. The fraction of sp³-hybridized carbons (Fsp3) is 0.500. The maximum absolute atomic E-state index is 10.6. The average molecular weight is 126 g/mol. The fourth-order valence-electron chi connectivity index (χ4n) is 0.688. The van der Waals surface area contributed by atoms with Crippen LogP contribution in [0.15, 0.2) is 11.3 Å². The van der Waals surface area contributed by atoms with Gasteiger partial charge in [-0.3, -0.25) is 10.2 Å². The van der Waals surface area contributed by atoms with E-state index in [1.165, 1.54) is 0 Å². The summed E-state index contributed by atoms with van der Waals surface area (Å²) >= 11 is 0. The molecule has 0 aromatic heterocycles. The number of carbonyl (C=O) groups is 1. The minimum absolute atomic E-state index is 0.0399. The van der Waals surface area contributed by atoms with Crippen molar-refractivity contribution >= 4 is 5.91 Å². The van der Waals surface area contributed by atoms with Crippen LogP contribution in [0, 0.1) is 0 Å². The lowest BCUT2D eigenvalue weighted by atomic mass is 10.1. The van der Waals surface area contributed by atoms with Gasteiger partial charge in [-0.15, -0.1) is 0 Å². The van der Waals surface area contributed by atoms with E-state index in [0.29, 0.717) is 6.42 Å². The maximum Gasteiger partial charge on any atom is 0.242 e. The molecule has 1 aliphatic rings. The molecule has 50 valence electrons. The lowest BCUT2D eigenvalue weighted by molar-refractivity contribution is -0.121. The van der Waals surface area contributed by atoms with E-state index in [2.05, 4.69) is 10.9 Å². The molecular formula is C6H10N2O. The average Bonchev–Trinajstić information content (AvgIpc) is 1.80. The highest BCUT2D eigenvalue weighted by atomic mass is 16.2. The zero-order chi connectivity index (χ0) is 6.85. The van der Waals surface area contributed by atoms with Crippen LogP contribution < -0.4 is 10.9 Å². The second-order valence-corrected chi connectivity index (χ2v) is 2.26. The van der Waals surface area contributed by atoms with Gasteiger partial charge in [-0.1, -0.05) is 0 Å². The van der Waals surface area contributed by atoms with E-state index in [0.717, 1.165) is 11.3 Å². The minimum atomic E-state index is 0.0399. The van der Waals surface area contributed by atoms with Gasteiger partial charge in [-0.2, -0.15) is 0 Å². The molecule has 0 aromatic carbocycles. The zero-order valence-electron chi connectivity index (χ0n) is 5.62. The predicted molar refractivity (Wildman–Crippen MR) is 34.3 cm³/mol. The summed E-state index contributed by atoms with van der Waals surface area (Å²) in [5.41, 5.74) is 7.44. The van der Waals surface area contributed by atoms with Crippen molar-refractivity contribution in [2.24, 2.45) is 0 Å². The molecule has 0 aliphatic carbocycles. The van der Waals surface area contributed by atoms with Gasteiger partial charge in [0.1, 0.15) is 0 Å². The maximum atomic E-state index is 10.6. The van der Waals surface area contributed by atoms with E-state index in [1.807, 2.05) is 13.8 Å². The summed E-state index contributed by atoms with van der Waals surface area (Å²) in [6.07, 6.45) is 0.527. The number of rotatable bonds is 0. The van der Waals surface area contributed by atoms with Crippen molar-refractivity contribution in [1.29, 1.82) is 0 Å². The molecule has 0 bridgehead atoms. The van der Waals surface area contributed by atoms with Crippen molar-refractivity contribution in [2.75, 3.05) is 0 Å². The molecule has 1 heterocycles. The van der Waals surface area contributed by atoms with Gasteiger partial charge in [0.15, 0.2) is 0 Å². The number of hydrogen-bond donors (Lipinski definition) is 2. The Bertz CT molecular complexity index is 172. The molecule has 3 nitrogen and oxygen atoms in total. The van der Waals surface area contributed by atoms with Gasteiger partial charge in [-0.05, 0) is 19.4 Å². The summed E-state index contributed by atoms with van der Waals surface area (Å²) in [5.74, 6) is 0.0399. The lowest BCUT2D eigenvalue weighted by Gasteiger charge is -2.16. The van der Waals surface area contributed by atoms with E-state index in [9.17, 15) is 4.79 Å². The SMILES string of the molecule is CC1=C(C)NNC(=O)C1. The molecule has 0 unspecified atom stereocenters. The van der Waals surface area contributed by atoms with Crippen LogP contribution >= 0.6 is 0 Å². The normalized spacial score (nSPS) is 19.1. The Morgan fingerprint density at radius 2 is 2.00 bits per heavy atom. The number of allylic oxidation sites excluding steroid dienone is 1. The van der Waals surface area contributed by atoms with Crippen molar-refractivity contribution in [3.8, 4) is 0 Å². The number of nitrogens with one attached hydrogen (secondary N) is 2. The van der Waals surface area contributed by atoms with Crippen molar-refractivity contribution < 1.29 is 4.79 Å². The number of carbonyl (C=O) groups excluding carboxylic acids is 1. The van der Waals surface area contributed by atoms with E-state index >= 15 is 0 Å². The number of amides is 1. The molecule has 0 aromatic rings.